The molecule has 0 radical (unpaired) electrons. The number of nitrogens with zero attached hydrogens (tertiary/aromatic N) is 2. The highest BCUT2D eigenvalue weighted by Crippen LogP contribution is 2.25. The second kappa shape index (κ2) is 3.29. The third kappa shape index (κ3) is 1.36. The number of imidazole rings is 1. The fourth-order valence-corrected chi connectivity index (χ4v) is 2.46. The average Bonchev–Trinajstić information content (AvgIpc) is 2.85. The van der Waals surface area contributed by atoms with E-state index in [9.17, 15) is 4.79 Å². The summed E-state index contributed by atoms with van der Waals surface area (Å²) in [6.45, 7) is 0. The first kappa shape index (κ1) is 10.0. The van der Waals surface area contributed by atoms with Crippen LogP contribution in [0, 0.1) is 0 Å². The van der Waals surface area contributed by atoms with Crippen LogP contribution in [0.1, 0.15) is 0 Å². The molecule has 0 saturated heterocycles. The zero-order valence-electron chi connectivity index (χ0n) is 9.22. The van der Waals surface area contributed by atoms with Crippen LogP contribution in [0.3, 0.4) is 0 Å². The smallest absolute Gasteiger partial charge is 0.194 e. The molecule has 0 aliphatic heterocycles. The standard InChI is InChI=1S/C14H7BrN2O/c15-9-3-4-17-7-12(16-13(17)6-9)8-1-2-10-11(5-8)14(10)18/h1-7H. The van der Waals surface area contributed by atoms with E-state index < -0.39 is 0 Å². The molecule has 18 heavy (non-hydrogen) atoms. The van der Waals surface area contributed by atoms with Gasteiger partial charge < -0.3 is 4.40 Å². The predicted octanol–water partition coefficient (Wildman–Crippen LogP) is 3.15. The highest BCUT2D eigenvalue weighted by molar-refractivity contribution is 9.10. The number of rotatable bonds is 1. The molecule has 0 aliphatic carbocycles. The maximum atomic E-state index is 11.3. The lowest BCUT2D eigenvalue weighted by molar-refractivity contribution is 1.18. The van der Waals surface area contributed by atoms with Gasteiger partial charge in [0.25, 0.3) is 0 Å². The van der Waals surface area contributed by atoms with Crippen LogP contribution in [0.4, 0.5) is 0 Å². The predicted molar refractivity (Wildman–Crippen MR) is 74.5 cm³/mol. The molecule has 0 fully saturated rings. The van der Waals surface area contributed by atoms with Crippen LogP contribution in [0.25, 0.3) is 27.7 Å². The van der Waals surface area contributed by atoms with Gasteiger partial charge in [-0.1, -0.05) is 22.0 Å². The van der Waals surface area contributed by atoms with Gasteiger partial charge >= 0.3 is 0 Å². The molecule has 0 amide bonds. The van der Waals surface area contributed by atoms with Gasteiger partial charge in [0, 0.05) is 33.2 Å². The quantitative estimate of drug-likeness (QED) is 0.541. The Hall–Kier alpha value is -1.94. The lowest BCUT2D eigenvalue weighted by Crippen LogP contribution is -1.79. The molecule has 0 unspecified atom stereocenters. The fraction of sp³-hybridized carbons (Fsp3) is 0. The highest BCUT2D eigenvalue weighted by atomic mass is 79.9. The van der Waals surface area contributed by atoms with Crippen molar-refractivity contribution in [2.75, 3.05) is 0 Å². The Balaban J connectivity index is 1.93. The molecule has 0 N–H and O–H groups in total. The summed E-state index contributed by atoms with van der Waals surface area (Å²) in [5.41, 5.74) is 2.92. The van der Waals surface area contributed by atoms with E-state index in [1.807, 2.05) is 47.1 Å². The first-order valence-electron chi connectivity index (χ1n) is 5.56. The van der Waals surface area contributed by atoms with Crippen LogP contribution >= 0.6 is 15.9 Å². The second-order valence-electron chi connectivity index (χ2n) is 4.33. The van der Waals surface area contributed by atoms with Gasteiger partial charge in [-0.25, -0.2) is 4.98 Å². The molecule has 2 aromatic heterocycles. The Kier molecular flexibility index (Phi) is 1.84. The van der Waals surface area contributed by atoms with Crippen LogP contribution in [-0.4, -0.2) is 9.38 Å². The van der Waals surface area contributed by atoms with Crippen LogP contribution < -0.4 is 5.43 Å². The van der Waals surface area contributed by atoms with E-state index >= 15 is 0 Å². The molecular formula is C14H7BrN2O. The molecule has 4 aromatic rings. The minimum absolute atomic E-state index is 0.160. The van der Waals surface area contributed by atoms with Crippen molar-refractivity contribution in [3.05, 3.63) is 57.4 Å². The number of pyridine rings is 1. The van der Waals surface area contributed by atoms with Crippen molar-refractivity contribution in [1.29, 1.82) is 0 Å². The molecule has 0 bridgehead atoms. The van der Waals surface area contributed by atoms with Crippen LogP contribution in [0.5, 0.6) is 0 Å². The first-order valence-corrected chi connectivity index (χ1v) is 6.35. The zero-order chi connectivity index (χ0) is 12.3. The summed E-state index contributed by atoms with van der Waals surface area (Å²) < 4.78 is 2.97. The molecule has 86 valence electrons. The van der Waals surface area contributed by atoms with Gasteiger partial charge in [-0.05, 0) is 24.3 Å². The van der Waals surface area contributed by atoms with Gasteiger partial charge in [0.05, 0.1) is 5.69 Å². The summed E-state index contributed by atoms with van der Waals surface area (Å²) >= 11 is 3.43. The van der Waals surface area contributed by atoms with E-state index in [1.165, 1.54) is 0 Å². The summed E-state index contributed by atoms with van der Waals surface area (Å²) in [6, 6.07) is 9.65. The van der Waals surface area contributed by atoms with E-state index in [1.54, 1.807) is 0 Å². The van der Waals surface area contributed by atoms with Crippen LogP contribution in [0.2, 0.25) is 0 Å². The third-order valence-electron chi connectivity index (χ3n) is 3.16. The van der Waals surface area contributed by atoms with Gasteiger partial charge in [0.2, 0.25) is 0 Å². The molecule has 2 heterocycles. The lowest BCUT2D eigenvalue weighted by atomic mass is 10.2. The summed E-state index contributed by atoms with van der Waals surface area (Å²) in [7, 11) is 0. The monoisotopic (exact) mass is 298 g/mol. The molecular weight excluding hydrogens is 292 g/mol. The minimum Gasteiger partial charge on any atom is -0.306 e. The second-order valence-corrected chi connectivity index (χ2v) is 5.24. The Bertz CT molecular complexity index is 913. The Morgan fingerprint density at radius 1 is 1.11 bits per heavy atom. The van der Waals surface area contributed by atoms with E-state index in [0.29, 0.717) is 0 Å². The maximum Gasteiger partial charge on any atom is 0.194 e. The van der Waals surface area contributed by atoms with Crippen molar-refractivity contribution in [2.45, 2.75) is 0 Å². The Morgan fingerprint density at radius 2 is 2.00 bits per heavy atom. The molecule has 3 nitrogen and oxygen atoms in total. The Morgan fingerprint density at radius 3 is 2.83 bits per heavy atom. The molecule has 4 rings (SSSR count). The van der Waals surface area contributed by atoms with Gasteiger partial charge in [-0.2, -0.15) is 0 Å². The van der Waals surface area contributed by atoms with Gasteiger partial charge in [0.15, 0.2) is 5.43 Å². The molecule has 0 saturated carbocycles. The summed E-state index contributed by atoms with van der Waals surface area (Å²) in [6.07, 6.45) is 3.92. The molecule has 0 spiro atoms. The van der Waals surface area contributed by atoms with E-state index in [2.05, 4.69) is 20.9 Å². The van der Waals surface area contributed by atoms with E-state index in [-0.39, 0.29) is 5.43 Å². The topological polar surface area (TPSA) is 34.4 Å². The fourth-order valence-electron chi connectivity index (χ4n) is 2.14. The lowest BCUT2D eigenvalue weighted by Gasteiger charge is -1.91. The third-order valence-corrected chi connectivity index (χ3v) is 3.66. The molecule has 4 heteroatoms. The normalized spacial score (nSPS) is 11.8. The number of fused-ring (bicyclic) bond motifs is 2. The van der Waals surface area contributed by atoms with E-state index in [4.69, 9.17) is 0 Å². The van der Waals surface area contributed by atoms with Gasteiger partial charge in [-0.3, -0.25) is 4.79 Å². The zero-order valence-corrected chi connectivity index (χ0v) is 10.8. The number of benzene rings is 1. The average molecular weight is 299 g/mol. The summed E-state index contributed by atoms with van der Waals surface area (Å²) in [5.74, 6) is 0. The van der Waals surface area contributed by atoms with Gasteiger partial charge in [0.1, 0.15) is 5.65 Å². The van der Waals surface area contributed by atoms with Crippen LogP contribution in [0.15, 0.2) is 52.0 Å². The largest absolute Gasteiger partial charge is 0.306 e. The van der Waals surface area contributed by atoms with Crippen molar-refractivity contribution in [3.8, 4) is 11.3 Å². The number of halogens is 1. The maximum absolute atomic E-state index is 11.3. The number of aromatic nitrogens is 2. The molecule has 0 atom stereocenters. The molecule has 0 aliphatic rings. The SMILES string of the molecule is O=c1c2ccc(-c3cn4ccc(Br)cc4n3)cc12. The minimum atomic E-state index is 0.160. The number of hydrogen-bond acceptors (Lipinski definition) is 2. The molecule has 2 aromatic carbocycles. The summed E-state index contributed by atoms with van der Waals surface area (Å²) in [5, 5.41) is 1.66. The number of hydrogen-bond donors (Lipinski definition) is 0. The highest BCUT2D eigenvalue weighted by Gasteiger charge is 2.13. The van der Waals surface area contributed by atoms with Gasteiger partial charge in [-0.15, -0.1) is 0 Å². The van der Waals surface area contributed by atoms with Crippen molar-refractivity contribution < 1.29 is 0 Å². The van der Waals surface area contributed by atoms with Crippen molar-refractivity contribution >= 4 is 32.3 Å². The summed E-state index contributed by atoms with van der Waals surface area (Å²) in [4.78, 5) is 15.9. The Labute approximate surface area is 111 Å². The van der Waals surface area contributed by atoms with Crippen molar-refractivity contribution in [1.82, 2.24) is 9.38 Å². The van der Waals surface area contributed by atoms with Crippen molar-refractivity contribution in [3.63, 3.8) is 0 Å². The van der Waals surface area contributed by atoms with Crippen LogP contribution in [-0.2, 0) is 0 Å². The first-order chi connectivity index (χ1) is 8.72. The van der Waals surface area contributed by atoms with E-state index in [0.717, 1.165) is 32.1 Å². The van der Waals surface area contributed by atoms with Crippen molar-refractivity contribution in [2.24, 2.45) is 0 Å².